The third-order valence-electron chi connectivity index (χ3n) is 8.27. The van der Waals surface area contributed by atoms with Gasteiger partial charge in [-0.25, -0.2) is 8.42 Å². The van der Waals surface area contributed by atoms with Crippen molar-refractivity contribution in [2.45, 2.75) is 77.0 Å². The molecular formula is C33H45N5O8S. The van der Waals surface area contributed by atoms with Crippen molar-refractivity contribution >= 4 is 27.5 Å². The van der Waals surface area contributed by atoms with Gasteiger partial charge in [0.1, 0.15) is 11.4 Å². The van der Waals surface area contributed by atoms with E-state index in [1.165, 1.54) is 24.8 Å². The van der Waals surface area contributed by atoms with Crippen molar-refractivity contribution in [3.05, 3.63) is 65.3 Å². The molecule has 4 rings (SSSR count). The first kappa shape index (κ1) is 35.8. The number of amides is 2. The van der Waals surface area contributed by atoms with Gasteiger partial charge in [-0.2, -0.15) is 0 Å². The second kappa shape index (κ2) is 15.7. The SMILES string of the molecule is Cc1noc(C)c1S(=O)(=O)Nc1ccc2c(c1)C(=O)N([C@H](C)CO)C[C@H](C)[C@H](CN(C)C(=O)c1ccncc1)OCCCC[C@@H](C)O2. The van der Waals surface area contributed by atoms with E-state index >= 15 is 0 Å². The summed E-state index contributed by atoms with van der Waals surface area (Å²) < 4.78 is 46.8. The highest BCUT2D eigenvalue weighted by Crippen LogP contribution is 2.30. The van der Waals surface area contributed by atoms with Crippen molar-refractivity contribution < 1.29 is 37.1 Å². The molecular weight excluding hydrogens is 626 g/mol. The van der Waals surface area contributed by atoms with Crippen molar-refractivity contribution in [2.75, 3.05) is 38.1 Å². The van der Waals surface area contributed by atoms with Gasteiger partial charge in [-0.1, -0.05) is 12.1 Å². The Bertz CT molecular complexity index is 1610. The van der Waals surface area contributed by atoms with Gasteiger partial charge in [-0.15, -0.1) is 0 Å². The number of aryl methyl sites for hydroxylation is 2. The lowest BCUT2D eigenvalue weighted by Crippen LogP contribution is -2.48. The molecule has 1 aliphatic rings. The van der Waals surface area contributed by atoms with Crippen LogP contribution >= 0.6 is 0 Å². The van der Waals surface area contributed by atoms with Crippen LogP contribution in [-0.4, -0.2) is 96.9 Å². The third kappa shape index (κ3) is 8.87. The topological polar surface area (TPSA) is 164 Å². The van der Waals surface area contributed by atoms with Crippen molar-refractivity contribution in [1.82, 2.24) is 19.9 Å². The Morgan fingerprint density at radius 2 is 1.89 bits per heavy atom. The maximum Gasteiger partial charge on any atom is 0.267 e. The van der Waals surface area contributed by atoms with Crippen LogP contribution in [0.25, 0.3) is 0 Å². The minimum absolute atomic E-state index is 0.0726. The van der Waals surface area contributed by atoms with E-state index in [2.05, 4.69) is 14.9 Å². The predicted molar refractivity (Wildman–Crippen MR) is 175 cm³/mol. The Hall–Kier alpha value is -4.01. The van der Waals surface area contributed by atoms with Gasteiger partial charge in [0.15, 0.2) is 10.7 Å². The number of carbonyl (C=O) groups excluding carboxylic acids is 2. The molecule has 3 heterocycles. The zero-order valence-electron chi connectivity index (χ0n) is 27.8. The summed E-state index contributed by atoms with van der Waals surface area (Å²) in [5.41, 5.74) is 1.01. The van der Waals surface area contributed by atoms with Gasteiger partial charge >= 0.3 is 0 Å². The molecule has 0 bridgehead atoms. The largest absolute Gasteiger partial charge is 0.490 e. The summed E-state index contributed by atoms with van der Waals surface area (Å²) in [4.78, 5) is 34.6. The van der Waals surface area contributed by atoms with Crippen LogP contribution in [0.5, 0.6) is 5.75 Å². The summed E-state index contributed by atoms with van der Waals surface area (Å²) in [5, 5.41) is 14.0. The molecule has 1 aromatic carbocycles. The Morgan fingerprint density at radius 3 is 2.55 bits per heavy atom. The molecule has 1 aliphatic heterocycles. The molecule has 3 aromatic rings. The number of hydrogen-bond acceptors (Lipinski definition) is 10. The predicted octanol–water partition coefficient (Wildman–Crippen LogP) is 4.05. The molecule has 0 fully saturated rings. The zero-order chi connectivity index (χ0) is 34.3. The lowest BCUT2D eigenvalue weighted by molar-refractivity contribution is -0.0149. The molecule has 2 amide bonds. The maximum atomic E-state index is 14.4. The molecule has 0 spiro atoms. The van der Waals surface area contributed by atoms with Crippen LogP contribution in [0.1, 0.15) is 72.2 Å². The standard InChI is InChI=1S/C33H45N5O8S/c1-21-18-38(22(2)20-39)33(41)28-17-27(36-47(42,43)31-24(4)35-46-25(31)5)10-11-29(28)45-23(3)9-7-8-16-44-30(21)19-37(6)32(40)26-12-14-34-15-13-26/h10-15,17,21-23,30,36,39H,7-9,16,18-20H2,1-6H3/t21-,22+,23+,30-/m0/s1. The molecule has 47 heavy (non-hydrogen) atoms. The lowest BCUT2D eigenvalue weighted by Gasteiger charge is -2.36. The highest BCUT2D eigenvalue weighted by molar-refractivity contribution is 7.92. The first-order valence-corrected chi connectivity index (χ1v) is 17.3. The maximum absolute atomic E-state index is 14.4. The van der Waals surface area contributed by atoms with Crippen LogP contribution in [0.3, 0.4) is 0 Å². The third-order valence-corrected chi connectivity index (χ3v) is 9.89. The van der Waals surface area contributed by atoms with Crippen LogP contribution in [0, 0.1) is 19.8 Å². The molecule has 2 N–H and O–H groups in total. The number of anilines is 1. The van der Waals surface area contributed by atoms with Gasteiger partial charge in [-0.05, 0) is 77.3 Å². The summed E-state index contributed by atoms with van der Waals surface area (Å²) in [5.74, 6) is -0.434. The Kier molecular flexibility index (Phi) is 12.0. The van der Waals surface area contributed by atoms with E-state index in [-0.39, 0.29) is 65.2 Å². The number of likely N-dealkylation sites (N-methyl/N-ethyl adjacent to an activating group) is 1. The number of benzene rings is 1. The van der Waals surface area contributed by atoms with E-state index in [4.69, 9.17) is 14.0 Å². The lowest BCUT2D eigenvalue weighted by atomic mass is 10.0. The number of nitrogens with one attached hydrogen (secondary N) is 1. The molecule has 0 saturated carbocycles. The van der Waals surface area contributed by atoms with E-state index in [9.17, 15) is 23.1 Å². The second-order valence-electron chi connectivity index (χ2n) is 12.2. The highest BCUT2D eigenvalue weighted by Gasteiger charge is 2.32. The van der Waals surface area contributed by atoms with Gasteiger partial charge < -0.3 is 28.9 Å². The number of aromatic nitrogens is 2. The number of hydrogen-bond donors (Lipinski definition) is 2. The Labute approximate surface area is 276 Å². The fourth-order valence-corrected chi connectivity index (χ4v) is 6.96. The quantitative estimate of drug-likeness (QED) is 0.357. The number of rotatable bonds is 8. The average Bonchev–Trinajstić information content (AvgIpc) is 3.40. The monoisotopic (exact) mass is 671 g/mol. The fourth-order valence-electron chi connectivity index (χ4n) is 5.58. The number of ether oxygens (including phenoxy) is 2. The van der Waals surface area contributed by atoms with Crippen LogP contribution in [-0.2, 0) is 14.8 Å². The smallest absolute Gasteiger partial charge is 0.267 e. The van der Waals surface area contributed by atoms with Gasteiger partial charge in [0.05, 0.1) is 30.4 Å². The normalized spacial score (nSPS) is 20.4. The van der Waals surface area contributed by atoms with Crippen LogP contribution < -0.4 is 9.46 Å². The summed E-state index contributed by atoms with van der Waals surface area (Å²) in [6.45, 7) is 9.25. The summed E-state index contributed by atoms with van der Waals surface area (Å²) >= 11 is 0. The molecule has 0 saturated heterocycles. The van der Waals surface area contributed by atoms with Crippen molar-refractivity contribution in [3.63, 3.8) is 0 Å². The van der Waals surface area contributed by atoms with Crippen LogP contribution in [0.4, 0.5) is 5.69 Å². The molecule has 13 nitrogen and oxygen atoms in total. The van der Waals surface area contributed by atoms with E-state index in [0.717, 1.165) is 12.8 Å². The number of aliphatic hydroxyl groups excluding tert-OH is 1. The summed E-state index contributed by atoms with van der Waals surface area (Å²) in [6.07, 6.45) is 4.72. The molecule has 256 valence electrons. The Morgan fingerprint density at radius 1 is 1.17 bits per heavy atom. The van der Waals surface area contributed by atoms with Gasteiger partial charge in [0.2, 0.25) is 0 Å². The number of aliphatic hydroxyl groups is 1. The fraction of sp³-hybridized carbons (Fsp3) is 0.515. The first-order chi connectivity index (χ1) is 22.3. The number of sulfonamides is 1. The average molecular weight is 672 g/mol. The molecule has 4 atom stereocenters. The van der Waals surface area contributed by atoms with Gasteiger partial charge in [0, 0.05) is 56.3 Å². The van der Waals surface area contributed by atoms with E-state index < -0.39 is 28.1 Å². The van der Waals surface area contributed by atoms with Gasteiger partial charge in [-0.3, -0.25) is 19.3 Å². The van der Waals surface area contributed by atoms with E-state index in [1.54, 1.807) is 55.5 Å². The minimum Gasteiger partial charge on any atom is -0.490 e. The van der Waals surface area contributed by atoms with Crippen LogP contribution in [0.2, 0.25) is 0 Å². The molecule has 0 radical (unpaired) electrons. The van der Waals surface area contributed by atoms with Crippen LogP contribution in [0.15, 0.2) is 52.1 Å². The zero-order valence-corrected chi connectivity index (χ0v) is 28.6. The number of pyridine rings is 1. The number of carbonyl (C=O) groups is 2. The van der Waals surface area contributed by atoms with Crippen molar-refractivity contribution in [3.8, 4) is 5.75 Å². The van der Waals surface area contributed by atoms with Gasteiger partial charge in [0.25, 0.3) is 21.8 Å². The summed E-state index contributed by atoms with van der Waals surface area (Å²) in [7, 11) is -2.38. The van der Waals surface area contributed by atoms with Crippen molar-refractivity contribution in [2.24, 2.45) is 5.92 Å². The molecule has 14 heteroatoms. The molecule has 0 aliphatic carbocycles. The van der Waals surface area contributed by atoms with E-state index in [0.29, 0.717) is 24.3 Å². The van der Waals surface area contributed by atoms with E-state index in [1.807, 2.05) is 13.8 Å². The minimum atomic E-state index is -4.09. The highest BCUT2D eigenvalue weighted by atomic mass is 32.2. The molecule has 2 aromatic heterocycles. The first-order valence-electron chi connectivity index (χ1n) is 15.8. The number of nitrogens with zero attached hydrogens (tertiary/aromatic N) is 4. The van der Waals surface area contributed by atoms with Crippen molar-refractivity contribution in [1.29, 1.82) is 0 Å². The summed E-state index contributed by atoms with van der Waals surface area (Å²) in [6, 6.07) is 7.29. The molecule has 0 unspecified atom stereocenters. The second-order valence-corrected chi connectivity index (χ2v) is 13.8. The number of fused-ring (bicyclic) bond motifs is 1. The Balaban J connectivity index is 1.67.